The van der Waals surface area contributed by atoms with Crippen LogP contribution in [-0.2, 0) is 6.42 Å². The summed E-state index contributed by atoms with van der Waals surface area (Å²) in [6.07, 6.45) is 22.7. The molecular formula is C19H32N2. The zero-order valence-corrected chi connectivity index (χ0v) is 13.5. The van der Waals surface area contributed by atoms with Crippen molar-refractivity contribution in [1.29, 1.82) is 0 Å². The van der Waals surface area contributed by atoms with Crippen LogP contribution in [0.4, 0.5) is 0 Å². The quantitative estimate of drug-likeness (QED) is 0.408. The number of allylic oxidation sites excluding steroid dienone is 2. The van der Waals surface area contributed by atoms with E-state index >= 15 is 0 Å². The van der Waals surface area contributed by atoms with Crippen molar-refractivity contribution in [2.24, 2.45) is 5.73 Å². The zero-order valence-electron chi connectivity index (χ0n) is 13.5. The van der Waals surface area contributed by atoms with Crippen molar-refractivity contribution in [2.75, 3.05) is 6.54 Å². The molecule has 0 aliphatic heterocycles. The van der Waals surface area contributed by atoms with Crippen molar-refractivity contribution < 1.29 is 0 Å². The number of pyridine rings is 1. The van der Waals surface area contributed by atoms with Crippen molar-refractivity contribution in [3.05, 3.63) is 42.2 Å². The monoisotopic (exact) mass is 288 g/mol. The van der Waals surface area contributed by atoms with Crippen LogP contribution in [0.5, 0.6) is 0 Å². The van der Waals surface area contributed by atoms with E-state index in [0.29, 0.717) is 0 Å². The fourth-order valence-corrected chi connectivity index (χ4v) is 2.50. The maximum absolute atomic E-state index is 5.48. The van der Waals surface area contributed by atoms with Gasteiger partial charge in [-0.05, 0) is 50.3 Å². The first kappa shape index (κ1) is 17.9. The van der Waals surface area contributed by atoms with Crippen LogP contribution in [0.1, 0.15) is 69.8 Å². The van der Waals surface area contributed by atoms with E-state index < -0.39 is 0 Å². The Bertz CT molecular complexity index is 346. The summed E-state index contributed by atoms with van der Waals surface area (Å²) in [5.74, 6) is 0. The van der Waals surface area contributed by atoms with Gasteiger partial charge in [-0.1, -0.05) is 56.7 Å². The fraction of sp³-hybridized carbons (Fsp3) is 0.632. The van der Waals surface area contributed by atoms with Crippen LogP contribution >= 0.6 is 0 Å². The normalized spacial score (nSPS) is 11.3. The van der Waals surface area contributed by atoms with Gasteiger partial charge in [0.2, 0.25) is 0 Å². The average molecular weight is 288 g/mol. The Labute approximate surface area is 130 Å². The first-order chi connectivity index (χ1) is 10.4. The maximum Gasteiger partial charge on any atom is 0.0299 e. The van der Waals surface area contributed by atoms with E-state index in [4.69, 9.17) is 5.73 Å². The van der Waals surface area contributed by atoms with Gasteiger partial charge >= 0.3 is 0 Å². The Morgan fingerprint density at radius 3 is 2.19 bits per heavy atom. The molecule has 21 heavy (non-hydrogen) atoms. The zero-order chi connectivity index (χ0) is 15.0. The summed E-state index contributed by atoms with van der Waals surface area (Å²) in [6, 6.07) is 4.16. The van der Waals surface area contributed by atoms with Gasteiger partial charge in [-0.3, -0.25) is 4.98 Å². The number of hydrogen-bond donors (Lipinski definition) is 1. The topological polar surface area (TPSA) is 38.9 Å². The molecule has 2 heteroatoms. The van der Waals surface area contributed by atoms with Gasteiger partial charge in [0.15, 0.2) is 0 Å². The molecule has 1 aromatic heterocycles. The molecule has 0 aliphatic carbocycles. The summed E-state index contributed by atoms with van der Waals surface area (Å²) >= 11 is 0. The molecule has 118 valence electrons. The minimum absolute atomic E-state index is 0.854. The van der Waals surface area contributed by atoms with Crippen LogP contribution in [0, 0.1) is 0 Å². The average Bonchev–Trinajstić information content (AvgIpc) is 2.53. The lowest BCUT2D eigenvalue weighted by Crippen LogP contribution is -1.97. The van der Waals surface area contributed by atoms with Gasteiger partial charge in [-0.2, -0.15) is 0 Å². The lowest BCUT2D eigenvalue weighted by molar-refractivity contribution is 0.571. The number of aryl methyl sites for hydroxylation is 1. The van der Waals surface area contributed by atoms with Crippen LogP contribution in [0.15, 0.2) is 36.7 Å². The minimum Gasteiger partial charge on any atom is -0.330 e. The standard InChI is InChI=1S/C19H32N2/c20-16-12-10-8-6-4-2-1-3-5-7-9-11-14-19-15-13-17-21-18-19/h7,9,13,15,17-18H,1-6,8,10-12,14,16,20H2/b9-7-. The summed E-state index contributed by atoms with van der Waals surface area (Å²) in [7, 11) is 0. The number of hydrogen-bond acceptors (Lipinski definition) is 2. The lowest BCUT2D eigenvalue weighted by atomic mass is 10.1. The molecule has 0 unspecified atom stereocenters. The largest absolute Gasteiger partial charge is 0.330 e. The molecule has 1 heterocycles. The molecule has 0 aromatic carbocycles. The van der Waals surface area contributed by atoms with E-state index in [1.807, 2.05) is 18.5 Å². The van der Waals surface area contributed by atoms with Gasteiger partial charge in [-0.15, -0.1) is 0 Å². The van der Waals surface area contributed by atoms with Gasteiger partial charge in [0.25, 0.3) is 0 Å². The number of rotatable bonds is 13. The summed E-state index contributed by atoms with van der Waals surface area (Å²) < 4.78 is 0. The van der Waals surface area contributed by atoms with E-state index in [0.717, 1.165) is 19.4 Å². The first-order valence-corrected chi connectivity index (χ1v) is 8.67. The Morgan fingerprint density at radius 1 is 0.857 bits per heavy atom. The Kier molecular flexibility index (Phi) is 11.8. The predicted octanol–water partition coefficient (Wildman–Crippen LogP) is 5.04. The van der Waals surface area contributed by atoms with E-state index in [-0.39, 0.29) is 0 Å². The molecular weight excluding hydrogens is 256 g/mol. The molecule has 0 atom stereocenters. The minimum atomic E-state index is 0.854. The second kappa shape index (κ2) is 13.8. The SMILES string of the molecule is NCCCCCCCCCC/C=C\CCc1cccnc1. The number of nitrogens with zero attached hydrogens (tertiary/aromatic N) is 1. The second-order valence-corrected chi connectivity index (χ2v) is 5.78. The van der Waals surface area contributed by atoms with E-state index in [9.17, 15) is 0 Å². The van der Waals surface area contributed by atoms with E-state index in [2.05, 4.69) is 23.2 Å². The molecule has 0 aliphatic rings. The fourth-order valence-electron chi connectivity index (χ4n) is 2.50. The molecule has 2 nitrogen and oxygen atoms in total. The smallest absolute Gasteiger partial charge is 0.0299 e. The highest BCUT2D eigenvalue weighted by atomic mass is 14.6. The maximum atomic E-state index is 5.48. The van der Waals surface area contributed by atoms with E-state index in [1.165, 1.54) is 63.4 Å². The third-order valence-corrected chi connectivity index (χ3v) is 3.81. The molecule has 0 radical (unpaired) electrons. The van der Waals surface area contributed by atoms with Gasteiger partial charge in [-0.25, -0.2) is 0 Å². The van der Waals surface area contributed by atoms with Gasteiger partial charge in [0.1, 0.15) is 0 Å². The highest BCUT2D eigenvalue weighted by Crippen LogP contribution is 2.10. The molecule has 0 amide bonds. The van der Waals surface area contributed by atoms with Crippen LogP contribution in [0.3, 0.4) is 0 Å². The summed E-state index contributed by atoms with van der Waals surface area (Å²) in [6.45, 7) is 0.854. The van der Waals surface area contributed by atoms with Crippen LogP contribution in [-0.4, -0.2) is 11.5 Å². The Balaban J connectivity index is 1.82. The molecule has 0 saturated heterocycles. The third-order valence-electron chi connectivity index (χ3n) is 3.81. The molecule has 0 spiro atoms. The third kappa shape index (κ3) is 11.2. The Morgan fingerprint density at radius 2 is 1.52 bits per heavy atom. The van der Waals surface area contributed by atoms with Gasteiger partial charge < -0.3 is 5.73 Å². The molecule has 1 rings (SSSR count). The van der Waals surface area contributed by atoms with Crippen LogP contribution in [0.2, 0.25) is 0 Å². The van der Waals surface area contributed by atoms with Crippen molar-refractivity contribution in [3.8, 4) is 0 Å². The summed E-state index contributed by atoms with van der Waals surface area (Å²) in [5.41, 5.74) is 6.81. The second-order valence-electron chi connectivity index (χ2n) is 5.78. The van der Waals surface area contributed by atoms with E-state index in [1.54, 1.807) is 0 Å². The van der Waals surface area contributed by atoms with Crippen molar-refractivity contribution in [1.82, 2.24) is 4.98 Å². The highest BCUT2D eigenvalue weighted by molar-refractivity contribution is 5.09. The number of unbranched alkanes of at least 4 members (excludes halogenated alkanes) is 8. The number of nitrogens with two attached hydrogens (primary N) is 1. The number of aromatic nitrogens is 1. The Hall–Kier alpha value is -1.15. The molecule has 2 N–H and O–H groups in total. The van der Waals surface area contributed by atoms with Crippen molar-refractivity contribution >= 4 is 0 Å². The molecule has 0 saturated carbocycles. The predicted molar refractivity (Wildman–Crippen MR) is 92.3 cm³/mol. The first-order valence-electron chi connectivity index (χ1n) is 8.67. The summed E-state index contributed by atoms with van der Waals surface area (Å²) in [5, 5.41) is 0. The lowest BCUT2D eigenvalue weighted by Gasteiger charge is -2.00. The van der Waals surface area contributed by atoms with Crippen molar-refractivity contribution in [2.45, 2.75) is 70.6 Å². The van der Waals surface area contributed by atoms with Gasteiger partial charge in [0.05, 0.1) is 0 Å². The summed E-state index contributed by atoms with van der Waals surface area (Å²) in [4.78, 5) is 4.13. The molecule has 1 aromatic rings. The van der Waals surface area contributed by atoms with Gasteiger partial charge in [0, 0.05) is 12.4 Å². The van der Waals surface area contributed by atoms with Crippen LogP contribution < -0.4 is 5.73 Å². The van der Waals surface area contributed by atoms with Crippen molar-refractivity contribution in [3.63, 3.8) is 0 Å². The highest BCUT2D eigenvalue weighted by Gasteiger charge is 1.92. The molecule has 0 bridgehead atoms. The van der Waals surface area contributed by atoms with Crippen LogP contribution in [0.25, 0.3) is 0 Å². The molecule has 0 fully saturated rings.